The van der Waals surface area contributed by atoms with E-state index in [2.05, 4.69) is 16.3 Å². The molecule has 0 saturated heterocycles. The van der Waals surface area contributed by atoms with Crippen LogP contribution in [0.3, 0.4) is 0 Å². The summed E-state index contributed by atoms with van der Waals surface area (Å²) >= 11 is 0. The fraction of sp³-hybridized carbons (Fsp3) is 0.533. The van der Waals surface area contributed by atoms with Crippen molar-refractivity contribution in [2.75, 3.05) is 25.6 Å². The first-order valence-corrected chi connectivity index (χ1v) is 6.60. The SMILES string of the molecule is COc1cccc(N(C)CC(C)(C#N)NC2CC2)c1. The highest BCUT2D eigenvalue weighted by Gasteiger charge is 2.33. The van der Waals surface area contributed by atoms with Crippen molar-refractivity contribution >= 4 is 5.69 Å². The molecule has 1 saturated carbocycles. The van der Waals surface area contributed by atoms with Crippen molar-refractivity contribution in [1.29, 1.82) is 5.26 Å². The lowest BCUT2D eigenvalue weighted by molar-refractivity contribution is 0.414. The van der Waals surface area contributed by atoms with Crippen LogP contribution in [0.5, 0.6) is 5.75 Å². The van der Waals surface area contributed by atoms with Crippen LogP contribution >= 0.6 is 0 Å². The number of methoxy groups -OCH3 is 1. The van der Waals surface area contributed by atoms with Crippen molar-refractivity contribution in [3.63, 3.8) is 0 Å². The molecule has 1 unspecified atom stereocenters. The molecule has 1 aromatic carbocycles. The van der Waals surface area contributed by atoms with Gasteiger partial charge in [0.05, 0.1) is 13.2 Å². The molecular weight excluding hydrogens is 238 g/mol. The zero-order valence-corrected chi connectivity index (χ0v) is 11.8. The van der Waals surface area contributed by atoms with E-state index < -0.39 is 5.54 Å². The molecule has 4 heteroatoms. The highest BCUT2D eigenvalue weighted by atomic mass is 16.5. The first kappa shape index (κ1) is 13.7. The summed E-state index contributed by atoms with van der Waals surface area (Å²) in [6, 6.07) is 10.8. The molecule has 0 radical (unpaired) electrons. The maximum Gasteiger partial charge on any atom is 0.121 e. The van der Waals surface area contributed by atoms with Gasteiger partial charge >= 0.3 is 0 Å². The summed E-state index contributed by atoms with van der Waals surface area (Å²) < 4.78 is 5.23. The van der Waals surface area contributed by atoms with E-state index in [0.717, 1.165) is 11.4 Å². The Hall–Kier alpha value is -1.73. The van der Waals surface area contributed by atoms with Crippen molar-refractivity contribution in [2.24, 2.45) is 0 Å². The highest BCUT2D eigenvalue weighted by molar-refractivity contribution is 5.50. The van der Waals surface area contributed by atoms with E-state index in [0.29, 0.717) is 12.6 Å². The Kier molecular flexibility index (Phi) is 3.96. The molecule has 4 nitrogen and oxygen atoms in total. The number of nitrogens with one attached hydrogen (secondary N) is 1. The standard InChI is InChI=1S/C15H21N3O/c1-15(10-16,17-12-7-8-12)11-18(2)13-5-4-6-14(9-13)19-3/h4-6,9,12,17H,7-8,11H2,1-3H3. The van der Waals surface area contributed by atoms with Crippen LogP contribution in [0.15, 0.2) is 24.3 Å². The van der Waals surface area contributed by atoms with Crippen LogP contribution in [0, 0.1) is 11.3 Å². The Morgan fingerprint density at radius 2 is 2.26 bits per heavy atom. The third-order valence-electron chi connectivity index (χ3n) is 3.39. The van der Waals surface area contributed by atoms with Crippen molar-refractivity contribution in [2.45, 2.75) is 31.3 Å². The van der Waals surface area contributed by atoms with Gasteiger partial charge in [-0.05, 0) is 31.9 Å². The zero-order chi connectivity index (χ0) is 13.9. The predicted molar refractivity (Wildman–Crippen MR) is 76.4 cm³/mol. The minimum Gasteiger partial charge on any atom is -0.497 e. The van der Waals surface area contributed by atoms with Crippen LogP contribution in [-0.2, 0) is 0 Å². The fourth-order valence-electron chi connectivity index (χ4n) is 2.21. The molecule has 102 valence electrons. The number of benzene rings is 1. The largest absolute Gasteiger partial charge is 0.497 e. The summed E-state index contributed by atoms with van der Waals surface area (Å²) in [4.78, 5) is 2.08. The average molecular weight is 259 g/mol. The Morgan fingerprint density at radius 3 is 2.84 bits per heavy atom. The molecule has 0 bridgehead atoms. The zero-order valence-electron chi connectivity index (χ0n) is 11.8. The summed E-state index contributed by atoms with van der Waals surface area (Å²) in [6.45, 7) is 2.61. The molecule has 1 aromatic rings. The van der Waals surface area contributed by atoms with Crippen LogP contribution in [-0.4, -0.2) is 32.3 Å². The van der Waals surface area contributed by atoms with E-state index in [1.807, 2.05) is 38.2 Å². The first-order valence-electron chi connectivity index (χ1n) is 6.60. The van der Waals surface area contributed by atoms with Gasteiger partial charge in [0.25, 0.3) is 0 Å². The van der Waals surface area contributed by atoms with Crippen molar-refractivity contribution in [3.8, 4) is 11.8 Å². The Morgan fingerprint density at radius 1 is 1.53 bits per heavy atom. The van der Waals surface area contributed by atoms with Gasteiger partial charge in [-0.3, -0.25) is 5.32 Å². The van der Waals surface area contributed by atoms with Gasteiger partial charge in [0.1, 0.15) is 11.3 Å². The van der Waals surface area contributed by atoms with Gasteiger partial charge in [-0.2, -0.15) is 5.26 Å². The molecule has 0 aliphatic heterocycles. The van der Waals surface area contributed by atoms with E-state index in [9.17, 15) is 5.26 Å². The van der Waals surface area contributed by atoms with Gasteiger partial charge in [-0.1, -0.05) is 6.07 Å². The number of rotatable bonds is 6. The molecule has 0 amide bonds. The molecule has 0 spiro atoms. The van der Waals surface area contributed by atoms with E-state index in [1.54, 1.807) is 7.11 Å². The van der Waals surface area contributed by atoms with Crippen molar-refractivity contribution < 1.29 is 4.74 Å². The molecular formula is C15H21N3O. The number of nitrogens with zero attached hydrogens (tertiary/aromatic N) is 2. The van der Waals surface area contributed by atoms with E-state index in [-0.39, 0.29) is 0 Å². The minimum atomic E-state index is -0.515. The van der Waals surface area contributed by atoms with Crippen LogP contribution in [0.4, 0.5) is 5.69 Å². The minimum absolute atomic E-state index is 0.515. The first-order chi connectivity index (χ1) is 9.06. The maximum absolute atomic E-state index is 9.39. The molecule has 0 heterocycles. The van der Waals surface area contributed by atoms with E-state index in [4.69, 9.17) is 4.74 Å². The molecule has 1 aliphatic rings. The van der Waals surface area contributed by atoms with E-state index in [1.165, 1.54) is 12.8 Å². The lowest BCUT2D eigenvalue weighted by atomic mass is 10.0. The van der Waals surface area contributed by atoms with Gasteiger partial charge in [0.2, 0.25) is 0 Å². The number of likely N-dealkylation sites (N-methyl/N-ethyl adjacent to an activating group) is 1. The summed E-state index contributed by atoms with van der Waals surface area (Å²) in [5.41, 5.74) is 0.539. The fourth-order valence-corrected chi connectivity index (χ4v) is 2.21. The smallest absolute Gasteiger partial charge is 0.121 e. The third-order valence-corrected chi connectivity index (χ3v) is 3.39. The number of anilines is 1. The lowest BCUT2D eigenvalue weighted by Crippen LogP contribution is -2.50. The summed E-state index contributed by atoms with van der Waals surface area (Å²) in [7, 11) is 3.66. The summed E-state index contributed by atoms with van der Waals surface area (Å²) in [6.07, 6.45) is 2.36. The van der Waals surface area contributed by atoms with Crippen molar-refractivity contribution in [1.82, 2.24) is 5.32 Å². The quantitative estimate of drug-likeness (QED) is 0.850. The molecule has 19 heavy (non-hydrogen) atoms. The van der Waals surface area contributed by atoms with Gasteiger partial charge in [-0.25, -0.2) is 0 Å². The van der Waals surface area contributed by atoms with E-state index >= 15 is 0 Å². The molecule has 1 atom stereocenters. The van der Waals surface area contributed by atoms with Gasteiger partial charge in [-0.15, -0.1) is 0 Å². The van der Waals surface area contributed by atoms with Crippen LogP contribution in [0.2, 0.25) is 0 Å². The maximum atomic E-state index is 9.39. The Bertz CT molecular complexity index is 479. The number of hydrogen-bond donors (Lipinski definition) is 1. The molecule has 2 rings (SSSR count). The van der Waals surface area contributed by atoms with Gasteiger partial charge in [0, 0.05) is 31.4 Å². The average Bonchev–Trinajstić information content (AvgIpc) is 3.22. The summed E-state index contributed by atoms with van der Waals surface area (Å²) in [5.74, 6) is 0.832. The monoisotopic (exact) mass is 259 g/mol. The lowest BCUT2D eigenvalue weighted by Gasteiger charge is -2.30. The number of nitriles is 1. The van der Waals surface area contributed by atoms with Crippen LogP contribution in [0.1, 0.15) is 19.8 Å². The number of ether oxygens (including phenoxy) is 1. The van der Waals surface area contributed by atoms with Gasteiger partial charge in [0.15, 0.2) is 0 Å². The van der Waals surface area contributed by atoms with Crippen LogP contribution in [0.25, 0.3) is 0 Å². The Labute approximate surface area is 115 Å². The molecule has 0 aromatic heterocycles. The van der Waals surface area contributed by atoms with Gasteiger partial charge < -0.3 is 9.64 Å². The normalized spacial score (nSPS) is 17.4. The second-order valence-electron chi connectivity index (χ2n) is 5.42. The van der Waals surface area contributed by atoms with Crippen LogP contribution < -0.4 is 15.0 Å². The van der Waals surface area contributed by atoms with Crippen molar-refractivity contribution in [3.05, 3.63) is 24.3 Å². The third kappa shape index (κ3) is 3.62. The molecule has 1 fully saturated rings. The molecule has 1 N–H and O–H groups in total. The second kappa shape index (κ2) is 5.50. The second-order valence-corrected chi connectivity index (χ2v) is 5.42. The summed E-state index contributed by atoms with van der Waals surface area (Å²) in [5, 5.41) is 12.8. The highest BCUT2D eigenvalue weighted by Crippen LogP contribution is 2.25. The Balaban J connectivity index is 2.05. The predicted octanol–water partition coefficient (Wildman–Crippen LogP) is 2.17. The topological polar surface area (TPSA) is 48.3 Å². The number of hydrogen-bond acceptors (Lipinski definition) is 4. The molecule has 1 aliphatic carbocycles.